The van der Waals surface area contributed by atoms with E-state index in [-0.39, 0.29) is 5.75 Å². The van der Waals surface area contributed by atoms with Gasteiger partial charge in [0.15, 0.2) is 6.61 Å². The van der Waals surface area contributed by atoms with Crippen LogP contribution in [0.5, 0.6) is 5.75 Å². The Morgan fingerprint density at radius 3 is 2.61 bits per heavy atom. The molecule has 0 saturated carbocycles. The van der Waals surface area contributed by atoms with Crippen LogP contribution in [0.4, 0.5) is 13.2 Å². The maximum absolute atomic E-state index is 12.0. The SMILES string of the molecule is CCCNCc1ccc(OCC(F)(F)F)c(Br)c1. The van der Waals surface area contributed by atoms with E-state index in [1.54, 1.807) is 18.2 Å². The van der Waals surface area contributed by atoms with Crippen LogP contribution in [-0.2, 0) is 6.54 Å². The number of halogens is 4. The molecule has 1 rings (SSSR count). The van der Waals surface area contributed by atoms with E-state index in [2.05, 4.69) is 32.9 Å². The van der Waals surface area contributed by atoms with Crippen molar-refractivity contribution < 1.29 is 17.9 Å². The van der Waals surface area contributed by atoms with E-state index in [9.17, 15) is 13.2 Å². The van der Waals surface area contributed by atoms with Gasteiger partial charge in [-0.1, -0.05) is 13.0 Å². The molecule has 0 spiro atoms. The third-order valence-electron chi connectivity index (χ3n) is 2.14. The number of ether oxygens (including phenoxy) is 1. The molecule has 0 aromatic heterocycles. The Morgan fingerprint density at radius 2 is 2.06 bits per heavy atom. The van der Waals surface area contributed by atoms with Crippen LogP contribution in [0.1, 0.15) is 18.9 Å². The lowest BCUT2D eigenvalue weighted by molar-refractivity contribution is -0.153. The molecule has 0 heterocycles. The molecule has 0 aliphatic heterocycles. The molecule has 0 radical (unpaired) electrons. The number of alkyl halides is 3. The van der Waals surface area contributed by atoms with E-state index in [4.69, 9.17) is 0 Å². The van der Waals surface area contributed by atoms with Crippen LogP contribution in [0.25, 0.3) is 0 Å². The molecule has 0 amide bonds. The summed E-state index contributed by atoms with van der Waals surface area (Å²) < 4.78 is 41.2. The van der Waals surface area contributed by atoms with Crippen molar-refractivity contribution >= 4 is 15.9 Å². The first-order valence-electron chi connectivity index (χ1n) is 5.61. The summed E-state index contributed by atoms with van der Waals surface area (Å²) in [7, 11) is 0. The Labute approximate surface area is 113 Å². The zero-order valence-electron chi connectivity index (χ0n) is 9.98. The zero-order valence-corrected chi connectivity index (χ0v) is 11.6. The summed E-state index contributed by atoms with van der Waals surface area (Å²) in [5.41, 5.74) is 0.995. The molecule has 0 unspecified atom stereocenters. The van der Waals surface area contributed by atoms with Gasteiger partial charge in [0, 0.05) is 6.54 Å². The molecular formula is C12H15BrF3NO. The van der Waals surface area contributed by atoms with Crippen molar-refractivity contribution in [2.24, 2.45) is 0 Å². The fourth-order valence-electron chi connectivity index (χ4n) is 1.34. The number of hydrogen-bond acceptors (Lipinski definition) is 2. The van der Waals surface area contributed by atoms with E-state index in [0.717, 1.165) is 18.5 Å². The highest BCUT2D eigenvalue weighted by atomic mass is 79.9. The third kappa shape index (κ3) is 5.73. The van der Waals surface area contributed by atoms with Crippen LogP contribution in [0.15, 0.2) is 22.7 Å². The minimum atomic E-state index is -4.32. The molecule has 0 atom stereocenters. The number of hydrogen-bond donors (Lipinski definition) is 1. The summed E-state index contributed by atoms with van der Waals surface area (Å²) in [6.07, 6.45) is -3.28. The molecule has 6 heteroatoms. The second-order valence-corrected chi connectivity index (χ2v) is 4.70. The summed E-state index contributed by atoms with van der Waals surface area (Å²) in [5, 5.41) is 3.21. The molecule has 0 bridgehead atoms. The van der Waals surface area contributed by atoms with E-state index in [0.29, 0.717) is 11.0 Å². The highest BCUT2D eigenvalue weighted by Gasteiger charge is 2.28. The largest absolute Gasteiger partial charge is 0.483 e. The first-order valence-corrected chi connectivity index (χ1v) is 6.40. The zero-order chi connectivity index (χ0) is 13.6. The summed E-state index contributed by atoms with van der Waals surface area (Å²) in [4.78, 5) is 0. The average Bonchev–Trinajstić information content (AvgIpc) is 2.27. The van der Waals surface area contributed by atoms with Gasteiger partial charge in [-0.3, -0.25) is 0 Å². The Hall–Kier alpha value is -0.750. The van der Waals surface area contributed by atoms with Gasteiger partial charge in [0.05, 0.1) is 4.47 Å². The Morgan fingerprint density at radius 1 is 1.33 bits per heavy atom. The van der Waals surface area contributed by atoms with E-state index < -0.39 is 12.8 Å². The minimum absolute atomic E-state index is 0.201. The topological polar surface area (TPSA) is 21.3 Å². The van der Waals surface area contributed by atoms with Crippen LogP contribution in [-0.4, -0.2) is 19.3 Å². The Balaban J connectivity index is 2.56. The molecule has 102 valence electrons. The predicted molar refractivity (Wildman–Crippen MR) is 67.7 cm³/mol. The van der Waals surface area contributed by atoms with E-state index in [1.807, 2.05) is 0 Å². The van der Waals surface area contributed by atoms with E-state index >= 15 is 0 Å². The normalized spacial score (nSPS) is 11.6. The molecule has 2 nitrogen and oxygen atoms in total. The molecule has 1 N–H and O–H groups in total. The summed E-state index contributed by atoms with van der Waals surface area (Å²) in [5.74, 6) is 0.201. The smallest absolute Gasteiger partial charge is 0.422 e. The van der Waals surface area contributed by atoms with Crippen molar-refractivity contribution in [2.45, 2.75) is 26.1 Å². The molecular weight excluding hydrogens is 311 g/mol. The first kappa shape index (κ1) is 15.3. The lowest BCUT2D eigenvalue weighted by atomic mass is 10.2. The molecule has 1 aromatic carbocycles. The average molecular weight is 326 g/mol. The van der Waals surface area contributed by atoms with Crippen LogP contribution in [0.3, 0.4) is 0 Å². The van der Waals surface area contributed by atoms with Gasteiger partial charge in [-0.25, -0.2) is 0 Å². The molecule has 0 aliphatic rings. The molecule has 18 heavy (non-hydrogen) atoms. The van der Waals surface area contributed by atoms with Crippen molar-refractivity contribution in [2.75, 3.05) is 13.2 Å². The van der Waals surface area contributed by atoms with Crippen molar-refractivity contribution in [1.82, 2.24) is 5.32 Å². The van der Waals surface area contributed by atoms with Gasteiger partial charge in [-0.15, -0.1) is 0 Å². The molecule has 0 fully saturated rings. The van der Waals surface area contributed by atoms with Crippen molar-refractivity contribution in [1.29, 1.82) is 0 Å². The van der Waals surface area contributed by atoms with Gasteiger partial charge in [0.25, 0.3) is 0 Å². The number of nitrogens with one attached hydrogen (secondary N) is 1. The fraction of sp³-hybridized carbons (Fsp3) is 0.500. The van der Waals surface area contributed by atoms with Gasteiger partial charge in [0.1, 0.15) is 5.75 Å². The van der Waals surface area contributed by atoms with Gasteiger partial charge >= 0.3 is 6.18 Å². The standard InChI is InChI=1S/C12H15BrF3NO/c1-2-5-17-7-9-3-4-11(10(13)6-9)18-8-12(14,15)16/h3-4,6,17H,2,5,7-8H2,1H3. The lowest BCUT2D eigenvalue weighted by Gasteiger charge is -2.11. The van der Waals surface area contributed by atoms with Gasteiger partial charge in [0.2, 0.25) is 0 Å². The van der Waals surface area contributed by atoms with Crippen LogP contribution < -0.4 is 10.1 Å². The number of rotatable bonds is 6. The monoisotopic (exact) mass is 325 g/mol. The van der Waals surface area contributed by atoms with Crippen LogP contribution in [0.2, 0.25) is 0 Å². The molecule has 1 aromatic rings. The van der Waals surface area contributed by atoms with Crippen molar-refractivity contribution in [3.8, 4) is 5.75 Å². The van der Waals surface area contributed by atoms with Gasteiger partial charge in [-0.2, -0.15) is 13.2 Å². The highest BCUT2D eigenvalue weighted by molar-refractivity contribution is 9.10. The summed E-state index contributed by atoms with van der Waals surface area (Å²) in [6.45, 7) is 2.38. The second-order valence-electron chi connectivity index (χ2n) is 3.85. The summed E-state index contributed by atoms with van der Waals surface area (Å²) >= 11 is 3.20. The molecule has 0 saturated heterocycles. The second kappa shape index (κ2) is 6.99. The first-order chi connectivity index (χ1) is 8.42. The Bertz CT molecular complexity index is 382. The molecule has 0 aliphatic carbocycles. The van der Waals surface area contributed by atoms with Crippen molar-refractivity contribution in [3.05, 3.63) is 28.2 Å². The number of benzene rings is 1. The van der Waals surface area contributed by atoms with Gasteiger partial charge in [-0.05, 0) is 46.6 Å². The van der Waals surface area contributed by atoms with E-state index in [1.165, 1.54) is 0 Å². The maximum atomic E-state index is 12.0. The minimum Gasteiger partial charge on any atom is -0.483 e. The lowest BCUT2D eigenvalue weighted by Crippen LogP contribution is -2.19. The Kier molecular flexibility index (Phi) is 5.95. The predicted octanol–water partition coefficient (Wildman–Crippen LogP) is 3.89. The van der Waals surface area contributed by atoms with Crippen LogP contribution in [0, 0.1) is 0 Å². The summed E-state index contributed by atoms with van der Waals surface area (Å²) in [6, 6.07) is 5.05. The van der Waals surface area contributed by atoms with Gasteiger partial charge < -0.3 is 10.1 Å². The van der Waals surface area contributed by atoms with Crippen LogP contribution >= 0.6 is 15.9 Å². The maximum Gasteiger partial charge on any atom is 0.422 e. The highest BCUT2D eigenvalue weighted by Crippen LogP contribution is 2.27. The fourth-order valence-corrected chi connectivity index (χ4v) is 1.88. The van der Waals surface area contributed by atoms with Crippen molar-refractivity contribution in [3.63, 3.8) is 0 Å². The third-order valence-corrected chi connectivity index (χ3v) is 2.76. The quantitative estimate of drug-likeness (QED) is 0.801.